The minimum absolute atomic E-state index is 0.250. The number of carbonyl (C=O) groups is 1. The van der Waals surface area contributed by atoms with E-state index in [1.165, 1.54) is 11.9 Å². The van der Waals surface area contributed by atoms with Gasteiger partial charge in [0.05, 0.1) is 24.4 Å². The van der Waals surface area contributed by atoms with Crippen LogP contribution >= 0.6 is 11.9 Å². The summed E-state index contributed by atoms with van der Waals surface area (Å²) >= 11 is 1.45. The number of rotatable bonds is 6. The van der Waals surface area contributed by atoms with Gasteiger partial charge in [-0.3, -0.25) is 4.79 Å². The van der Waals surface area contributed by atoms with E-state index in [-0.39, 0.29) is 5.91 Å². The molecule has 27 heavy (non-hydrogen) atoms. The average Bonchev–Trinajstić information content (AvgIpc) is 2.73. The van der Waals surface area contributed by atoms with Gasteiger partial charge in [-0.05, 0) is 66.5 Å². The van der Waals surface area contributed by atoms with E-state index in [0.717, 1.165) is 16.3 Å². The third-order valence-corrected chi connectivity index (χ3v) is 4.58. The van der Waals surface area contributed by atoms with E-state index in [1.54, 1.807) is 31.4 Å². The lowest BCUT2D eigenvalue weighted by Crippen LogP contribution is -2.11. The molecule has 0 saturated heterocycles. The molecule has 2 N–H and O–H groups in total. The summed E-state index contributed by atoms with van der Waals surface area (Å²) in [5, 5.41) is 11.8. The van der Waals surface area contributed by atoms with Gasteiger partial charge in [0, 0.05) is 16.1 Å². The third-order valence-electron chi connectivity index (χ3n) is 3.75. The number of nitrogens with one attached hydrogen (secondary N) is 2. The zero-order chi connectivity index (χ0) is 19.1. The molecule has 1 amide bonds. The fourth-order valence-corrected chi connectivity index (χ4v) is 3.05. The Labute approximate surface area is 162 Å². The summed E-state index contributed by atoms with van der Waals surface area (Å²) in [6.07, 6.45) is 0. The van der Waals surface area contributed by atoms with Gasteiger partial charge in [-0.25, -0.2) is 0 Å². The van der Waals surface area contributed by atoms with Crippen molar-refractivity contribution in [3.8, 4) is 11.8 Å². The molecule has 0 aliphatic heterocycles. The van der Waals surface area contributed by atoms with Gasteiger partial charge in [-0.15, -0.1) is 0 Å². The van der Waals surface area contributed by atoms with Crippen LogP contribution < -0.4 is 14.8 Å². The number of amides is 1. The van der Waals surface area contributed by atoms with Gasteiger partial charge in [-0.1, -0.05) is 18.2 Å². The molecule has 0 aromatic heterocycles. The monoisotopic (exact) mass is 375 g/mol. The quantitative estimate of drug-likeness (QED) is 0.597. The third kappa shape index (κ3) is 4.81. The first-order valence-electron chi connectivity index (χ1n) is 8.17. The molecule has 3 aromatic carbocycles. The lowest BCUT2D eigenvalue weighted by molar-refractivity contribution is 0.102. The predicted octanol–water partition coefficient (Wildman–Crippen LogP) is 4.94. The summed E-state index contributed by atoms with van der Waals surface area (Å²) in [7, 11) is 1.63. The first kappa shape index (κ1) is 18.4. The largest absolute Gasteiger partial charge is 0.495 e. The number of para-hydroxylation sites is 2. The Morgan fingerprint density at radius 2 is 1.81 bits per heavy atom. The summed E-state index contributed by atoms with van der Waals surface area (Å²) in [4.78, 5) is 13.3. The standard InChI is InChI=1S/C21H17N3O2S/c1-26-20-8-3-2-7-19(20)24-27-18-11-9-17(10-12-18)23-21(25)16-6-4-5-15(13-16)14-22/h2-13,24H,1H3,(H,23,25). The highest BCUT2D eigenvalue weighted by molar-refractivity contribution is 8.00. The van der Waals surface area contributed by atoms with Crippen LogP contribution in [0.3, 0.4) is 0 Å². The minimum Gasteiger partial charge on any atom is -0.495 e. The van der Waals surface area contributed by atoms with E-state index in [4.69, 9.17) is 10.00 Å². The van der Waals surface area contributed by atoms with Gasteiger partial charge in [0.25, 0.3) is 5.91 Å². The summed E-state index contributed by atoms with van der Waals surface area (Å²) in [6, 6.07) is 23.8. The molecule has 0 atom stereocenters. The Balaban J connectivity index is 1.61. The van der Waals surface area contributed by atoms with E-state index >= 15 is 0 Å². The molecule has 0 heterocycles. The van der Waals surface area contributed by atoms with Gasteiger partial charge in [0.1, 0.15) is 5.75 Å². The highest BCUT2D eigenvalue weighted by Gasteiger charge is 2.07. The molecule has 0 aliphatic carbocycles. The molecule has 0 spiro atoms. The van der Waals surface area contributed by atoms with Crippen molar-refractivity contribution < 1.29 is 9.53 Å². The lowest BCUT2D eigenvalue weighted by atomic mass is 10.1. The number of nitrogens with zero attached hydrogens (tertiary/aromatic N) is 1. The van der Waals surface area contributed by atoms with E-state index < -0.39 is 0 Å². The SMILES string of the molecule is COc1ccccc1NSc1ccc(NC(=O)c2cccc(C#N)c2)cc1. The number of hydrogen-bond donors (Lipinski definition) is 2. The number of carbonyl (C=O) groups excluding carboxylic acids is 1. The molecular formula is C21H17N3O2S. The van der Waals surface area contributed by atoms with Crippen molar-refractivity contribution >= 4 is 29.2 Å². The Bertz CT molecular complexity index is 981. The zero-order valence-electron chi connectivity index (χ0n) is 14.6. The molecule has 134 valence electrons. The van der Waals surface area contributed by atoms with Crippen molar-refractivity contribution in [2.24, 2.45) is 0 Å². The number of benzene rings is 3. The van der Waals surface area contributed by atoms with Gasteiger partial charge >= 0.3 is 0 Å². The fraction of sp³-hybridized carbons (Fsp3) is 0.0476. The number of methoxy groups -OCH3 is 1. The summed E-state index contributed by atoms with van der Waals surface area (Å²) < 4.78 is 8.56. The van der Waals surface area contributed by atoms with Crippen LogP contribution in [0.25, 0.3) is 0 Å². The van der Waals surface area contributed by atoms with Crippen LogP contribution in [0.15, 0.2) is 77.7 Å². The molecule has 0 fully saturated rings. The smallest absolute Gasteiger partial charge is 0.255 e. The van der Waals surface area contributed by atoms with Crippen LogP contribution in [0.5, 0.6) is 5.75 Å². The van der Waals surface area contributed by atoms with Crippen molar-refractivity contribution in [1.29, 1.82) is 5.26 Å². The second-order valence-corrected chi connectivity index (χ2v) is 6.46. The first-order valence-corrected chi connectivity index (χ1v) is 8.98. The average molecular weight is 375 g/mol. The minimum atomic E-state index is -0.250. The number of ether oxygens (including phenoxy) is 1. The summed E-state index contributed by atoms with van der Waals surface area (Å²) in [6.45, 7) is 0. The fourth-order valence-electron chi connectivity index (χ4n) is 2.38. The highest BCUT2D eigenvalue weighted by Crippen LogP contribution is 2.29. The van der Waals surface area contributed by atoms with Crippen LogP contribution in [0.1, 0.15) is 15.9 Å². The van der Waals surface area contributed by atoms with Crippen LogP contribution in [0.4, 0.5) is 11.4 Å². The van der Waals surface area contributed by atoms with Crippen LogP contribution in [0, 0.1) is 11.3 Å². The highest BCUT2D eigenvalue weighted by atomic mass is 32.2. The van der Waals surface area contributed by atoms with Crippen molar-refractivity contribution in [3.63, 3.8) is 0 Å². The molecule has 0 radical (unpaired) electrons. The predicted molar refractivity (Wildman–Crippen MR) is 108 cm³/mol. The maximum Gasteiger partial charge on any atom is 0.255 e. The van der Waals surface area contributed by atoms with E-state index in [0.29, 0.717) is 16.8 Å². The molecule has 3 rings (SSSR count). The van der Waals surface area contributed by atoms with Gasteiger partial charge < -0.3 is 14.8 Å². The number of hydrogen-bond acceptors (Lipinski definition) is 5. The molecule has 0 aliphatic rings. The Morgan fingerprint density at radius 3 is 2.56 bits per heavy atom. The van der Waals surface area contributed by atoms with Gasteiger partial charge in [-0.2, -0.15) is 5.26 Å². The second-order valence-electron chi connectivity index (χ2n) is 5.58. The Morgan fingerprint density at radius 1 is 1.04 bits per heavy atom. The normalized spacial score (nSPS) is 9.93. The van der Waals surface area contributed by atoms with Crippen LogP contribution in [0.2, 0.25) is 0 Å². The van der Waals surface area contributed by atoms with Crippen molar-refractivity contribution in [2.75, 3.05) is 17.1 Å². The van der Waals surface area contributed by atoms with Gasteiger partial charge in [0.15, 0.2) is 0 Å². The maximum absolute atomic E-state index is 12.3. The summed E-state index contributed by atoms with van der Waals surface area (Å²) in [5.41, 5.74) is 2.48. The molecule has 0 unspecified atom stereocenters. The van der Waals surface area contributed by atoms with Gasteiger partial charge in [0.2, 0.25) is 0 Å². The van der Waals surface area contributed by atoms with E-state index in [9.17, 15) is 4.79 Å². The van der Waals surface area contributed by atoms with Crippen molar-refractivity contribution in [2.45, 2.75) is 4.90 Å². The topological polar surface area (TPSA) is 74.2 Å². The Kier molecular flexibility index (Phi) is 5.98. The molecule has 5 nitrogen and oxygen atoms in total. The first-order chi connectivity index (χ1) is 13.2. The van der Waals surface area contributed by atoms with Crippen LogP contribution in [-0.2, 0) is 0 Å². The van der Waals surface area contributed by atoms with Crippen molar-refractivity contribution in [3.05, 3.63) is 83.9 Å². The molecule has 0 bridgehead atoms. The van der Waals surface area contributed by atoms with E-state index in [2.05, 4.69) is 10.0 Å². The van der Waals surface area contributed by atoms with Crippen LogP contribution in [-0.4, -0.2) is 13.0 Å². The molecular weight excluding hydrogens is 358 g/mol. The Hall–Kier alpha value is -3.43. The van der Waals surface area contributed by atoms with E-state index in [1.807, 2.05) is 54.6 Å². The summed E-state index contributed by atoms with van der Waals surface area (Å²) in [5.74, 6) is 0.521. The lowest BCUT2D eigenvalue weighted by Gasteiger charge is -2.10. The van der Waals surface area contributed by atoms with Crippen molar-refractivity contribution in [1.82, 2.24) is 0 Å². The maximum atomic E-state index is 12.3. The molecule has 6 heteroatoms. The molecule has 0 saturated carbocycles. The number of anilines is 2. The second kappa shape index (κ2) is 8.79. The zero-order valence-corrected chi connectivity index (χ0v) is 15.4. The number of nitriles is 1. The molecule has 3 aromatic rings.